The molecular weight excluding hydrogens is 576 g/mol. The zero-order valence-corrected chi connectivity index (χ0v) is 23.1. The molecule has 11 atom stereocenters. The number of methoxy groups -OCH3 is 1. The maximum absolute atomic E-state index is 12.9. The summed E-state index contributed by atoms with van der Waals surface area (Å²) in [5.74, 6) is -0.999. The van der Waals surface area contributed by atoms with Crippen molar-refractivity contribution in [3.8, 4) is 28.7 Å². The van der Waals surface area contributed by atoms with Crippen LogP contribution >= 0.6 is 0 Å². The number of fused-ring (bicyclic) bond motifs is 1. The molecule has 0 aliphatic carbocycles. The summed E-state index contributed by atoms with van der Waals surface area (Å²) in [5, 5.41) is 82.2. The van der Waals surface area contributed by atoms with E-state index in [0.29, 0.717) is 5.56 Å². The van der Waals surface area contributed by atoms with Gasteiger partial charge in [0.15, 0.2) is 23.6 Å². The van der Waals surface area contributed by atoms with E-state index in [2.05, 4.69) is 0 Å². The van der Waals surface area contributed by atoms with Crippen molar-refractivity contribution in [2.45, 2.75) is 80.9 Å². The van der Waals surface area contributed by atoms with E-state index in [1.807, 2.05) is 0 Å². The van der Waals surface area contributed by atoms with Crippen molar-refractivity contribution in [1.82, 2.24) is 0 Å². The predicted octanol–water partition coefficient (Wildman–Crippen LogP) is -1.16. The van der Waals surface area contributed by atoms with Crippen molar-refractivity contribution in [2.24, 2.45) is 0 Å². The lowest BCUT2D eigenvalue weighted by atomic mass is 9.95. The second kappa shape index (κ2) is 12.4. The standard InChI is InChI=1S/C28H34O15/c1-10-21(32)23(34)25(36)27(40-10)39-9-19-22(33)24(35)26(37)28(43-19)41-12-6-14(30)20-15(31)8-17(42-18(20)7-12)11-3-4-16(38-2)13(29)5-11/h3-7,10,17,19,21-30,32-37H,8-9H2,1-2H3/t10-,17+,19-,21+,22-,23+,24+,25+,26+,27-,28-/m1/s1. The second-order valence-electron chi connectivity index (χ2n) is 10.6. The molecule has 0 bridgehead atoms. The fourth-order valence-corrected chi connectivity index (χ4v) is 5.20. The van der Waals surface area contributed by atoms with Gasteiger partial charge in [-0.1, -0.05) is 6.07 Å². The number of ketones is 1. The van der Waals surface area contributed by atoms with Gasteiger partial charge >= 0.3 is 0 Å². The van der Waals surface area contributed by atoms with Gasteiger partial charge in [-0.25, -0.2) is 0 Å². The number of phenolic OH excluding ortho intramolecular Hbond substituents is 2. The molecule has 0 unspecified atom stereocenters. The van der Waals surface area contributed by atoms with Gasteiger partial charge in [0.05, 0.1) is 26.2 Å². The van der Waals surface area contributed by atoms with E-state index in [9.17, 15) is 45.6 Å². The highest BCUT2D eigenvalue weighted by Crippen LogP contribution is 2.43. The Kier molecular flexibility index (Phi) is 8.99. The Morgan fingerprint density at radius 2 is 1.53 bits per heavy atom. The SMILES string of the molecule is COc1ccc([C@@H]2CC(=O)c3c(O)cc(O[C@@H]4O[C@H](CO[C@@H]5O[C@H](C)[C@H](O)[C@H](O)[C@@H]5O)[C@@H](O)[C@H](O)[C@@H]4O)cc3O2)cc1O. The van der Waals surface area contributed by atoms with Gasteiger partial charge in [-0.2, -0.15) is 0 Å². The summed E-state index contributed by atoms with van der Waals surface area (Å²) < 4.78 is 33.1. The summed E-state index contributed by atoms with van der Waals surface area (Å²) in [6.07, 6.45) is -15.9. The molecule has 15 heteroatoms. The van der Waals surface area contributed by atoms with E-state index in [1.54, 1.807) is 6.07 Å². The Balaban J connectivity index is 1.30. The summed E-state index contributed by atoms with van der Waals surface area (Å²) in [6.45, 7) is 0.964. The van der Waals surface area contributed by atoms with Crippen LogP contribution in [-0.2, 0) is 14.2 Å². The molecule has 0 spiro atoms. The van der Waals surface area contributed by atoms with Crippen molar-refractivity contribution < 1.29 is 74.1 Å². The second-order valence-corrected chi connectivity index (χ2v) is 10.6. The average molecular weight is 611 g/mol. The first-order chi connectivity index (χ1) is 20.4. The molecule has 0 saturated carbocycles. The smallest absolute Gasteiger partial charge is 0.229 e. The van der Waals surface area contributed by atoms with Gasteiger partial charge in [-0.15, -0.1) is 0 Å². The fraction of sp³-hybridized carbons (Fsp3) is 0.536. The van der Waals surface area contributed by atoms with Gasteiger partial charge in [0.1, 0.15) is 71.6 Å². The van der Waals surface area contributed by atoms with Crippen LogP contribution in [0.25, 0.3) is 0 Å². The van der Waals surface area contributed by atoms with Crippen LogP contribution in [-0.4, -0.2) is 122 Å². The summed E-state index contributed by atoms with van der Waals surface area (Å²) in [7, 11) is 1.39. The number of Topliss-reactive ketones (excluding diaryl/α,β-unsaturated/α-hetero) is 1. The first-order valence-corrected chi connectivity index (χ1v) is 13.5. The number of aliphatic hydroxyl groups excluding tert-OH is 6. The van der Waals surface area contributed by atoms with Crippen molar-refractivity contribution in [1.29, 1.82) is 0 Å². The van der Waals surface area contributed by atoms with Crippen LogP contribution in [0.15, 0.2) is 30.3 Å². The molecule has 2 aromatic carbocycles. The van der Waals surface area contributed by atoms with E-state index < -0.39 is 85.7 Å². The highest BCUT2D eigenvalue weighted by Gasteiger charge is 2.47. The first kappa shape index (κ1) is 31.2. The minimum absolute atomic E-state index is 0.0457. The van der Waals surface area contributed by atoms with Gasteiger partial charge in [0.2, 0.25) is 6.29 Å². The van der Waals surface area contributed by atoms with Gasteiger partial charge in [-0.05, 0) is 24.6 Å². The Labute approximate surface area is 245 Å². The lowest BCUT2D eigenvalue weighted by Gasteiger charge is -2.42. The number of carbonyl (C=O) groups is 1. The number of carbonyl (C=O) groups excluding carboxylic acids is 1. The lowest BCUT2D eigenvalue weighted by Crippen LogP contribution is -2.61. The number of ether oxygens (including phenoxy) is 6. The van der Waals surface area contributed by atoms with Gasteiger partial charge in [0, 0.05) is 12.1 Å². The molecule has 43 heavy (non-hydrogen) atoms. The summed E-state index contributed by atoms with van der Waals surface area (Å²) in [6, 6.07) is 6.90. The maximum atomic E-state index is 12.9. The van der Waals surface area contributed by atoms with E-state index in [-0.39, 0.29) is 35.0 Å². The fourth-order valence-electron chi connectivity index (χ4n) is 5.20. The van der Waals surface area contributed by atoms with Gasteiger partial charge < -0.3 is 69.3 Å². The van der Waals surface area contributed by atoms with Crippen LogP contribution in [0.2, 0.25) is 0 Å². The third-order valence-electron chi connectivity index (χ3n) is 7.70. The Hall–Kier alpha value is -3.25. The molecule has 15 nitrogen and oxygen atoms in total. The molecule has 3 aliphatic heterocycles. The number of aliphatic hydroxyl groups is 6. The Bertz CT molecular complexity index is 1320. The van der Waals surface area contributed by atoms with E-state index >= 15 is 0 Å². The van der Waals surface area contributed by atoms with Crippen LogP contribution in [0.1, 0.15) is 35.4 Å². The zero-order chi connectivity index (χ0) is 31.2. The van der Waals surface area contributed by atoms with Crippen molar-refractivity contribution in [3.05, 3.63) is 41.5 Å². The summed E-state index contributed by atoms with van der Waals surface area (Å²) in [4.78, 5) is 12.9. The molecule has 0 amide bonds. The molecule has 3 heterocycles. The van der Waals surface area contributed by atoms with Crippen LogP contribution in [0.3, 0.4) is 0 Å². The van der Waals surface area contributed by atoms with Crippen molar-refractivity contribution in [3.63, 3.8) is 0 Å². The van der Waals surface area contributed by atoms with E-state index in [4.69, 9.17) is 28.4 Å². The van der Waals surface area contributed by atoms with Crippen LogP contribution < -0.4 is 14.2 Å². The average Bonchev–Trinajstić information content (AvgIpc) is 2.97. The predicted molar refractivity (Wildman–Crippen MR) is 141 cm³/mol. The first-order valence-electron chi connectivity index (χ1n) is 13.5. The Morgan fingerprint density at radius 3 is 2.23 bits per heavy atom. The quantitative estimate of drug-likeness (QED) is 0.185. The lowest BCUT2D eigenvalue weighted by molar-refractivity contribution is -0.318. The highest BCUT2D eigenvalue weighted by atomic mass is 16.7. The van der Waals surface area contributed by atoms with Crippen molar-refractivity contribution in [2.75, 3.05) is 13.7 Å². The molecule has 236 valence electrons. The number of rotatable bonds is 7. The van der Waals surface area contributed by atoms with Crippen LogP contribution in [0, 0.1) is 0 Å². The van der Waals surface area contributed by atoms with Crippen LogP contribution in [0.4, 0.5) is 0 Å². The van der Waals surface area contributed by atoms with E-state index in [1.165, 1.54) is 32.2 Å². The van der Waals surface area contributed by atoms with Gasteiger partial charge in [-0.3, -0.25) is 4.79 Å². The highest BCUT2D eigenvalue weighted by molar-refractivity contribution is 6.02. The van der Waals surface area contributed by atoms with E-state index in [0.717, 1.165) is 6.07 Å². The third-order valence-corrected chi connectivity index (χ3v) is 7.70. The molecular formula is C28H34O15. The largest absolute Gasteiger partial charge is 0.507 e. The number of hydrogen-bond donors (Lipinski definition) is 8. The number of benzene rings is 2. The topological polar surface area (TPSA) is 234 Å². The summed E-state index contributed by atoms with van der Waals surface area (Å²) >= 11 is 0. The number of hydrogen-bond acceptors (Lipinski definition) is 15. The van der Waals surface area contributed by atoms with Gasteiger partial charge in [0.25, 0.3) is 0 Å². The van der Waals surface area contributed by atoms with Crippen molar-refractivity contribution >= 4 is 5.78 Å². The minimum Gasteiger partial charge on any atom is -0.507 e. The minimum atomic E-state index is -1.77. The molecule has 8 N–H and O–H groups in total. The number of phenols is 2. The normalized spacial score (nSPS) is 36.0. The molecule has 2 aromatic rings. The molecule has 2 fully saturated rings. The molecule has 3 aliphatic rings. The summed E-state index contributed by atoms with van der Waals surface area (Å²) in [5.41, 5.74) is 0.373. The zero-order valence-electron chi connectivity index (χ0n) is 23.1. The van der Waals surface area contributed by atoms with Crippen LogP contribution in [0.5, 0.6) is 28.7 Å². The third kappa shape index (κ3) is 6.08. The molecule has 5 rings (SSSR count). The monoisotopic (exact) mass is 610 g/mol. The molecule has 0 aromatic heterocycles. The molecule has 2 saturated heterocycles. The Morgan fingerprint density at radius 1 is 0.837 bits per heavy atom. The molecule has 0 radical (unpaired) electrons. The maximum Gasteiger partial charge on any atom is 0.229 e. The number of aromatic hydroxyl groups is 2.